The second-order valence-electron chi connectivity index (χ2n) is 10.7. The van der Waals surface area contributed by atoms with Crippen LogP contribution < -0.4 is 14.8 Å². The van der Waals surface area contributed by atoms with Crippen LogP contribution in [0.2, 0.25) is 0 Å². The molecule has 4 atom stereocenters. The first-order valence-electron chi connectivity index (χ1n) is 13.3. The lowest BCUT2D eigenvalue weighted by atomic mass is 9.99. The Labute approximate surface area is 235 Å². The maximum atomic E-state index is 12.3. The summed E-state index contributed by atoms with van der Waals surface area (Å²) in [6.45, 7) is 14.6. The number of hydrogen-bond acceptors (Lipinski definition) is 11. The molecule has 0 amide bonds. The first kappa shape index (κ1) is 34.5. The SMILES string of the molecule is CCC(C)OC(=O)Oc1ccc(C[C@H](NCC(C)OC(=O)OCC(C)(C)C)C(=O)O)cc1OC(=O)OC(C)CC. The topological polar surface area (TPSA) is 156 Å². The lowest BCUT2D eigenvalue weighted by Crippen LogP contribution is -2.42. The van der Waals surface area contributed by atoms with Crippen LogP contribution in [0.4, 0.5) is 14.4 Å². The van der Waals surface area contributed by atoms with Crippen molar-refractivity contribution in [2.24, 2.45) is 5.41 Å². The summed E-state index contributed by atoms with van der Waals surface area (Å²) in [5.41, 5.74) is 0.226. The highest BCUT2D eigenvalue weighted by molar-refractivity contribution is 5.74. The van der Waals surface area contributed by atoms with Crippen molar-refractivity contribution >= 4 is 24.4 Å². The molecule has 40 heavy (non-hydrogen) atoms. The van der Waals surface area contributed by atoms with Gasteiger partial charge in [-0.1, -0.05) is 40.7 Å². The fourth-order valence-electron chi connectivity index (χ4n) is 2.87. The largest absolute Gasteiger partial charge is 0.514 e. The van der Waals surface area contributed by atoms with Crippen molar-refractivity contribution in [3.05, 3.63) is 23.8 Å². The molecule has 0 aromatic heterocycles. The van der Waals surface area contributed by atoms with E-state index in [1.165, 1.54) is 18.2 Å². The zero-order valence-corrected chi connectivity index (χ0v) is 24.6. The number of carbonyl (C=O) groups excluding carboxylic acids is 3. The minimum absolute atomic E-state index is 0.0365. The van der Waals surface area contributed by atoms with Gasteiger partial charge in [0.2, 0.25) is 0 Å². The molecule has 12 heteroatoms. The summed E-state index contributed by atoms with van der Waals surface area (Å²) < 4.78 is 31.0. The van der Waals surface area contributed by atoms with Crippen molar-refractivity contribution in [3.8, 4) is 11.5 Å². The van der Waals surface area contributed by atoms with E-state index in [0.717, 1.165) is 0 Å². The number of benzene rings is 1. The molecule has 0 spiro atoms. The first-order valence-corrected chi connectivity index (χ1v) is 13.3. The van der Waals surface area contributed by atoms with Crippen molar-refractivity contribution < 1.29 is 52.7 Å². The molecule has 2 N–H and O–H groups in total. The molecule has 0 aliphatic heterocycles. The van der Waals surface area contributed by atoms with Crippen molar-refractivity contribution in [2.75, 3.05) is 13.2 Å². The Morgan fingerprint density at radius 1 is 0.825 bits per heavy atom. The van der Waals surface area contributed by atoms with Gasteiger partial charge in [0.1, 0.15) is 24.4 Å². The zero-order chi connectivity index (χ0) is 30.5. The highest BCUT2D eigenvalue weighted by Gasteiger charge is 2.23. The first-order chi connectivity index (χ1) is 18.6. The van der Waals surface area contributed by atoms with Gasteiger partial charge in [0.25, 0.3) is 0 Å². The average Bonchev–Trinajstić information content (AvgIpc) is 2.85. The van der Waals surface area contributed by atoms with Crippen molar-refractivity contribution in [1.29, 1.82) is 0 Å². The minimum atomic E-state index is -1.15. The molecule has 0 bridgehead atoms. The standard InChI is InChI=1S/C28H43NO11/c1-9-17(3)36-26(33)39-22-12-11-20(14-23(22)40-27(34)37-18(4)10-2)13-21(24(30)31)29-15-19(5)38-25(32)35-16-28(6,7)8/h11-12,14,17-19,21,29H,9-10,13,15-16H2,1-8H3,(H,30,31)/t17?,18?,19?,21-/m0/s1. The van der Waals surface area contributed by atoms with E-state index in [0.29, 0.717) is 18.4 Å². The monoisotopic (exact) mass is 569 g/mol. The summed E-state index contributed by atoms with van der Waals surface area (Å²) in [5.74, 6) is -1.40. The van der Waals surface area contributed by atoms with E-state index in [2.05, 4.69) is 5.32 Å². The molecule has 0 fully saturated rings. The maximum Gasteiger partial charge on any atom is 0.514 e. The van der Waals surface area contributed by atoms with Crippen LogP contribution in [0.15, 0.2) is 18.2 Å². The number of aliphatic carboxylic acids is 1. The van der Waals surface area contributed by atoms with Crippen LogP contribution in [-0.4, -0.2) is 67.0 Å². The van der Waals surface area contributed by atoms with Gasteiger partial charge in [-0.2, -0.15) is 0 Å². The number of ether oxygens (including phenoxy) is 6. The fraction of sp³-hybridized carbons (Fsp3) is 0.643. The molecule has 1 aromatic carbocycles. The third kappa shape index (κ3) is 14.0. The summed E-state index contributed by atoms with van der Waals surface area (Å²) in [7, 11) is 0. The van der Waals surface area contributed by atoms with Crippen LogP contribution in [0.1, 0.15) is 73.8 Å². The Balaban J connectivity index is 2.97. The second-order valence-corrected chi connectivity index (χ2v) is 10.7. The van der Waals surface area contributed by atoms with Gasteiger partial charge in [-0.15, -0.1) is 0 Å². The summed E-state index contributed by atoms with van der Waals surface area (Å²) in [6.07, 6.45) is -3.21. The van der Waals surface area contributed by atoms with Gasteiger partial charge in [-0.3, -0.25) is 4.79 Å². The van der Waals surface area contributed by atoms with E-state index in [-0.39, 0.29) is 42.6 Å². The van der Waals surface area contributed by atoms with Crippen molar-refractivity contribution in [3.63, 3.8) is 0 Å². The van der Waals surface area contributed by atoms with Gasteiger partial charge in [-0.05, 0) is 63.1 Å². The summed E-state index contributed by atoms with van der Waals surface area (Å²) in [5, 5.41) is 12.6. The normalized spacial score (nSPS) is 14.2. The highest BCUT2D eigenvalue weighted by atomic mass is 16.8. The summed E-state index contributed by atoms with van der Waals surface area (Å²) >= 11 is 0. The van der Waals surface area contributed by atoms with Gasteiger partial charge in [0.15, 0.2) is 11.5 Å². The van der Waals surface area contributed by atoms with Crippen LogP contribution in [0.3, 0.4) is 0 Å². The Kier molecular flexibility index (Phi) is 14.3. The Bertz CT molecular complexity index is 989. The number of nitrogens with one attached hydrogen (secondary N) is 1. The van der Waals surface area contributed by atoms with E-state index in [9.17, 15) is 24.3 Å². The summed E-state index contributed by atoms with van der Waals surface area (Å²) in [4.78, 5) is 48.2. The van der Waals surface area contributed by atoms with Crippen molar-refractivity contribution in [2.45, 2.75) is 99.0 Å². The predicted molar refractivity (Wildman–Crippen MR) is 145 cm³/mol. The zero-order valence-electron chi connectivity index (χ0n) is 24.6. The highest BCUT2D eigenvalue weighted by Crippen LogP contribution is 2.30. The van der Waals surface area contributed by atoms with Crippen LogP contribution in [0.25, 0.3) is 0 Å². The van der Waals surface area contributed by atoms with Gasteiger partial charge in [-0.25, -0.2) is 14.4 Å². The molecule has 0 aliphatic rings. The molecule has 1 aromatic rings. The molecule has 12 nitrogen and oxygen atoms in total. The Morgan fingerprint density at radius 2 is 1.35 bits per heavy atom. The van der Waals surface area contributed by atoms with E-state index < -0.39 is 42.7 Å². The van der Waals surface area contributed by atoms with Gasteiger partial charge >= 0.3 is 24.4 Å². The number of carboxylic acids is 1. The molecule has 1 rings (SSSR count). The van der Waals surface area contributed by atoms with Crippen molar-refractivity contribution in [1.82, 2.24) is 5.32 Å². The molecule has 0 saturated carbocycles. The van der Waals surface area contributed by atoms with Crippen LogP contribution >= 0.6 is 0 Å². The van der Waals surface area contributed by atoms with Gasteiger partial charge in [0.05, 0.1) is 6.61 Å². The van der Waals surface area contributed by atoms with E-state index in [1.807, 2.05) is 34.6 Å². The van der Waals surface area contributed by atoms with Crippen LogP contribution in [0, 0.1) is 5.41 Å². The van der Waals surface area contributed by atoms with Crippen LogP contribution in [0.5, 0.6) is 11.5 Å². The number of carbonyl (C=O) groups is 4. The van der Waals surface area contributed by atoms with Crippen LogP contribution in [-0.2, 0) is 30.2 Å². The third-order valence-electron chi connectivity index (χ3n) is 5.45. The lowest BCUT2D eigenvalue weighted by molar-refractivity contribution is -0.139. The Hall–Kier alpha value is -3.54. The molecular formula is C28H43NO11. The average molecular weight is 570 g/mol. The van der Waals surface area contributed by atoms with Gasteiger partial charge in [0, 0.05) is 6.54 Å². The Morgan fingerprint density at radius 3 is 1.85 bits per heavy atom. The predicted octanol–water partition coefficient (Wildman–Crippen LogP) is 5.49. The molecule has 3 unspecified atom stereocenters. The molecular weight excluding hydrogens is 526 g/mol. The number of rotatable bonds is 14. The maximum absolute atomic E-state index is 12.3. The van der Waals surface area contributed by atoms with E-state index >= 15 is 0 Å². The molecule has 226 valence electrons. The van der Waals surface area contributed by atoms with Gasteiger partial charge < -0.3 is 38.8 Å². The quantitative estimate of drug-likeness (QED) is 0.165. The van der Waals surface area contributed by atoms with E-state index in [1.54, 1.807) is 20.8 Å². The third-order valence-corrected chi connectivity index (χ3v) is 5.45. The van der Waals surface area contributed by atoms with E-state index in [4.69, 9.17) is 28.4 Å². The second kappa shape index (κ2) is 16.5. The molecule has 0 aliphatic carbocycles. The lowest BCUT2D eigenvalue weighted by Gasteiger charge is -2.21. The number of carboxylic acid groups (broad SMARTS) is 1. The fourth-order valence-corrected chi connectivity index (χ4v) is 2.87. The smallest absolute Gasteiger partial charge is 0.480 e. The minimum Gasteiger partial charge on any atom is -0.480 e. The number of hydrogen-bond donors (Lipinski definition) is 2. The molecule has 0 radical (unpaired) electrons. The molecule has 0 heterocycles. The summed E-state index contributed by atoms with van der Waals surface area (Å²) in [6, 6.07) is 3.19. The molecule has 0 saturated heterocycles.